The number of nitrogens with zero attached hydrogens (tertiary/aromatic N) is 1. The summed E-state index contributed by atoms with van der Waals surface area (Å²) in [6.45, 7) is 8.96. The van der Waals surface area contributed by atoms with Crippen molar-refractivity contribution in [2.24, 2.45) is 5.41 Å². The Labute approximate surface area is 121 Å². The van der Waals surface area contributed by atoms with E-state index in [1.54, 1.807) is 11.3 Å². The van der Waals surface area contributed by atoms with Crippen LogP contribution in [-0.4, -0.2) is 31.2 Å². The van der Waals surface area contributed by atoms with Crippen molar-refractivity contribution >= 4 is 11.3 Å². The summed E-state index contributed by atoms with van der Waals surface area (Å²) in [7, 11) is 0. The molecular weight excluding hydrogens is 254 g/mol. The summed E-state index contributed by atoms with van der Waals surface area (Å²) in [6.07, 6.45) is 6.38. The molecule has 2 N–H and O–H groups in total. The Balaban J connectivity index is 1.73. The summed E-state index contributed by atoms with van der Waals surface area (Å²) in [5, 5.41) is 10.6. The van der Waals surface area contributed by atoms with Gasteiger partial charge in [0.1, 0.15) is 0 Å². The van der Waals surface area contributed by atoms with Crippen LogP contribution in [0.15, 0.2) is 5.38 Å². The molecule has 19 heavy (non-hydrogen) atoms. The summed E-state index contributed by atoms with van der Waals surface area (Å²) in [5.74, 6) is 0. The average molecular weight is 281 g/mol. The number of nitrogens with one attached hydrogen (secondary N) is 2. The fourth-order valence-corrected chi connectivity index (χ4v) is 3.75. The van der Waals surface area contributed by atoms with Crippen molar-refractivity contribution < 1.29 is 0 Å². The molecule has 2 heterocycles. The zero-order chi connectivity index (χ0) is 13.6. The Morgan fingerprint density at radius 1 is 1.53 bits per heavy atom. The molecule has 1 aromatic rings. The minimum Gasteiger partial charge on any atom is -0.316 e. The van der Waals surface area contributed by atoms with Crippen LogP contribution in [0.25, 0.3) is 0 Å². The Morgan fingerprint density at radius 3 is 3.05 bits per heavy atom. The van der Waals surface area contributed by atoms with Gasteiger partial charge in [0.2, 0.25) is 0 Å². The highest BCUT2D eigenvalue weighted by Gasteiger charge is 2.30. The monoisotopic (exact) mass is 281 g/mol. The first-order chi connectivity index (χ1) is 9.24. The maximum Gasteiger partial charge on any atom is 0.0897 e. The van der Waals surface area contributed by atoms with Gasteiger partial charge in [-0.25, -0.2) is 4.98 Å². The van der Waals surface area contributed by atoms with Crippen molar-refractivity contribution in [3.63, 3.8) is 0 Å². The number of aryl methyl sites for hydroxylation is 1. The maximum absolute atomic E-state index is 4.51. The second-order valence-electron chi connectivity index (χ2n) is 5.81. The molecule has 0 aliphatic carbocycles. The number of hydrogen-bond acceptors (Lipinski definition) is 4. The van der Waals surface area contributed by atoms with Gasteiger partial charge in [0.05, 0.1) is 10.7 Å². The summed E-state index contributed by atoms with van der Waals surface area (Å²) in [6, 6.07) is 0. The molecule has 0 aromatic carbocycles. The molecule has 2 rings (SSSR count). The third-order valence-corrected chi connectivity index (χ3v) is 4.89. The van der Waals surface area contributed by atoms with E-state index in [0.717, 1.165) is 19.5 Å². The lowest BCUT2D eigenvalue weighted by Gasteiger charge is -2.38. The fraction of sp³-hybridized carbons (Fsp3) is 0.800. The molecule has 1 saturated heterocycles. The normalized spacial score (nSPS) is 23.7. The minimum absolute atomic E-state index is 0.491. The highest BCUT2D eigenvalue weighted by Crippen LogP contribution is 2.30. The van der Waals surface area contributed by atoms with Crippen LogP contribution in [0.2, 0.25) is 0 Å². The van der Waals surface area contributed by atoms with Crippen molar-refractivity contribution in [3.8, 4) is 0 Å². The molecular formula is C15H27N3S. The average Bonchev–Trinajstić information content (AvgIpc) is 2.82. The van der Waals surface area contributed by atoms with Gasteiger partial charge in [-0.2, -0.15) is 0 Å². The van der Waals surface area contributed by atoms with E-state index in [1.165, 1.54) is 49.5 Å². The SMILES string of the molecule is CCCC1(CNCCc2csc(C)n2)CCCNC1. The highest BCUT2D eigenvalue weighted by molar-refractivity contribution is 7.09. The largest absolute Gasteiger partial charge is 0.316 e. The van der Waals surface area contributed by atoms with Gasteiger partial charge in [-0.1, -0.05) is 13.3 Å². The second-order valence-corrected chi connectivity index (χ2v) is 6.88. The topological polar surface area (TPSA) is 37.0 Å². The molecule has 0 spiro atoms. The molecule has 3 nitrogen and oxygen atoms in total. The summed E-state index contributed by atoms with van der Waals surface area (Å²) < 4.78 is 0. The van der Waals surface area contributed by atoms with E-state index in [9.17, 15) is 0 Å². The van der Waals surface area contributed by atoms with E-state index in [4.69, 9.17) is 0 Å². The number of thiazole rings is 1. The Morgan fingerprint density at radius 2 is 2.42 bits per heavy atom. The smallest absolute Gasteiger partial charge is 0.0897 e. The molecule has 1 aliphatic heterocycles. The van der Waals surface area contributed by atoms with Gasteiger partial charge >= 0.3 is 0 Å². The van der Waals surface area contributed by atoms with Crippen LogP contribution in [0.5, 0.6) is 0 Å². The molecule has 0 saturated carbocycles. The summed E-state index contributed by atoms with van der Waals surface area (Å²) in [4.78, 5) is 4.51. The third kappa shape index (κ3) is 4.55. The quantitative estimate of drug-likeness (QED) is 0.755. The molecule has 1 aromatic heterocycles. The molecule has 4 heteroatoms. The highest BCUT2D eigenvalue weighted by atomic mass is 32.1. The second kappa shape index (κ2) is 7.36. The number of aromatic nitrogens is 1. The Kier molecular flexibility index (Phi) is 5.79. The van der Waals surface area contributed by atoms with Crippen LogP contribution in [0.4, 0.5) is 0 Å². The van der Waals surface area contributed by atoms with Crippen molar-refractivity contribution in [2.45, 2.75) is 46.0 Å². The van der Waals surface area contributed by atoms with Gasteiger partial charge in [0.15, 0.2) is 0 Å². The van der Waals surface area contributed by atoms with Crippen molar-refractivity contribution in [2.75, 3.05) is 26.2 Å². The van der Waals surface area contributed by atoms with Crippen LogP contribution in [-0.2, 0) is 6.42 Å². The minimum atomic E-state index is 0.491. The zero-order valence-corrected chi connectivity index (χ0v) is 13.1. The van der Waals surface area contributed by atoms with Crippen LogP contribution >= 0.6 is 11.3 Å². The van der Waals surface area contributed by atoms with Gasteiger partial charge in [0, 0.05) is 31.4 Å². The van der Waals surface area contributed by atoms with E-state index in [2.05, 4.69) is 34.8 Å². The molecule has 1 aliphatic rings. The molecule has 1 atom stereocenters. The molecule has 0 radical (unpaired) electrons. The van der Waals surface area contributed by atoms with Gasteiger partial charge in [-0.3, -0.25) is 0 Å². The lowest BCUT2D eigenvalue weighted by atomic mass is 9.77. The van der Waals surface area contributed by atoms with Gasteiger partial charge in [-0.15, -0.1) is 11.3 Å². The maximum atomic E-state index is 4.51. The Hall–Kier alpha value is -0.450. The van der Waals surface area contributed by atoms with E-state index >= 15 is 0 Å². The Bertz CT molecular complexity index is 364. The predicted octanol–water partition coefficient (Wildman–Crippen LogP) is 2.75. The van der Waals surface area contributed by atoms with Gasteiger partial charge in [-0.05, 0) is 38.1 Å². The van der Waals surface area contributed by atoms with Crippen molar-refractivity contribution in [3.05, 3.63) is 16.1 Å². The first-order valence-electron chi connectivity index (χ1n) is 7.56. The van der Waals surface area contributed by atoms with Gasteiger partial charge in [0.25, 0.3) is 0 Å². The lowest BCUT2D eigenvalue weighted by Crippen LogP contribution is -2.46. The van der Waals surface area contributed by atoms with E-state index in [1.807, 2.05) is 0 Å². The molecule has 108 valence electrons. The lowest BCUT2D eigenvalue weighted by molar-refractivity contribution is 0.183. The zero-order valence-electron chi connectivity index (χ0n) is 12.3. The van der Waals surface area contributed by atoms with Crippen molar-refractivity contribution in [1.29, 1.82) is 0 Å². The number of piperidine rings is 1. The van der Waals surface area contributed by atoms with E-state index < -0.39 is 0 Å². The molecule has 0 bridgehead atoms. The van der Waals surface area contributed by atoms with Crippen LogP contribution < -0.4 is 10.6 Å². The fourth-order valence-electron chi connectivity index (χ4n) is 3.11. The number of rotatable bonds is 7. The van der Waals surface area contributed by atoms with Crippen LogP contribution in [0.1, 0.15) is 43.3 Å². The molecule has 1 fully saturated rings. The first kappa shape index (κ1) is 14.9. The summed E-state index contributed by atoms with van der Waals surface area (Å²) >= 11 is 1.75. The van der Waals surface area contributed by atoms with Crippen LogP contribution in [0.3, 0.4) is 0 Å². The molecule has 0 amide bonds. The van der Waals surface area contributed by atoms with Gasteiger partial charge < -0.3 is 10.6 Å². The standard InChI is InChI=1S/C15H27N3S/c1-3-6-15(7-4-8-16-11-15)12-17-9-5-14-10-19-13(2)18-14/h10,16-17H,3-9,11-12H2,1-2H3. The van der Waals surface area contributed by atoms with E-state index in [-0.39, 0.29) is 0 Å². The number of hydrogen-bond donors (Lipinski definition) is 2. The van der Waals surface area contributed by atoms with Crippen molar-refractivity contribution in [1.82, 2.24) is 15.6 Å². The summed E-state index contributed by atoms with van der Waals surface area (Å²) in [5.41, 5.74) is 1.73. The third-order valence-electron chi connectivity index (χ3n) is 4.07. The molecule has 1 unspecified atom stereocenters. The predicted molar refractivity (Wildman–Crippen MR) is 82.9 cm³/mol. The van der Waals surface area contributed by atoms with E-state index in [0.29, 0.717) is 5.41 Å². The first-order valence-corrected chi connectivity index (χ1v) is 8.44. The van der Waals surface area contributed by atoms with Crippen LogP contribution in [0, 0.1) is 12.3 Å².